The quantitative estimate of drug-likeness (QED) is 0.928. The van der Waals surface area contributed by atoms with Crippen molar-refractivity contribution >= 4 is 5.95 Å². The van der Waals surface area contributed by atoms with Crippen molar-refractivity contribution in [2.75, 3.05) is 25.1 Å². The minimum atomic E-state index is 0.448. The SMILES string of the molecule is COc1cccc2c1CCC[C@H]2NC1CCN(c2ncccn2)CC1. The number of methoxy groups -OCH3 is 1. The van der Waals surface area contributed by atoms with Crippen LogP contribution in [0, 0.1) is 0 Å². The molecule has 25 heavy (non-hydrogen) atoms. The zero-order valence-electron chi connectivity index (χ0n) is 14.8. The van der Waals surface area contributed by atoms with Crippen molar-refractivity contribution in [1.29, 1.82) is 0 Å². The van der Waals surface area contributed by atoms with Crippen molar-refractivity contribution in [3.8, 4) is 5.75 Å². The van der Waals surface area contributed by atoms with Gasteiger partial charge in [-0.2, -0.15) is 0 Å². The second kappa shape index (κ2) is 7.40. The third kappa shape index (κ3) is 3.47. The molecule has 2 heterocycles. The summed E-state index contributed by atoms with van der Waals surface area (Å²) in [4.78, 5) is 11.0. The van der Waals surface area contributed by atoms with Gasteiger partial charge in [0.2, 0.25) is 5.95 Å². The molecule has 4 rings (SSSR count). The Hall–Kier alpha value is -2.14. The topological polar surface area (TPSA) is 50.3 Å². The molecule has 1 fully saturated rings. The van der Waals surface area contributed by atoms with E-state index in [9.17, 15) is 0 Å². The minimum absolute atomic E-state index is 0.448. The van der Waals surface area contributed by atoms with Gasteiger partial charge < -0.3 is 15.0 Å². The number of ether oxygens (including phenoxy) is 1. The van der Waals surface area contributed by atoms with Gasteiger partial charge in [-0.3, -0.25) is 0 Å². The molecule has 132 valence electrons. The zero-order valence-corrected chi connectivity index (χ0v) is 14.8. The Kier molecular flexibility index (Phi) is 4.83. The molecule has 5 nitrogen and oxygen atoms in total. The summed E-state index contributed by atoms with van der Waals surface area (Å²) in [5.41, 5.74) is 2.82. The fraction of sp³-hybridized carbons (Fsp3) is 0.500. The fourth-order valence-corrected chi connectivity index (χ4v) is 4.16. The third-order valence-corrected chi connectivity index (χ3v) is 5.45. The number of aromatic nitrogens is 2. The standard InChI is InChI=1S/C20H26N4O/c1-25-19-8-3-5-16-17(19)6-2-7-18(16)23-15-9-13-24(14-10-15)20-21-11-4-12-22-20/h3-5,8,11-12,15,18,23H,2,6-7,9-10,13-14H2,1H3/t18-/m1/s1. The minimum Gasteiger partial charge on any atom is -0.496 e. The summed E-state index contributed by atoms with van der Waals surface area (Å²) in [6.07, 6.45) is 9.46. The number of hydrogen-bond acceptors (Lipinski definition) is 5. The summed E-state index contributed by atoms with van der Waals surface area (Å²) >= 11 is 0. The first kappa shape index (κ1) is 16.3. The average molecular weight is 338 g/mol. The van der Waals surface area contributed by atoms with E-state index in [0.29, 0.717) is 12.1 Å². The second-order valence-corrected chi connectivity index (χ2v) is 6.95. The van der Waals surface area contributed by atoms with Gasteiger partial charge >= 0.3 is 0 Å². The first-order chi connectivity index (χ1) is 12.3. The summed E-state index contributed by atoms with van der Waals surface area (Å²) in [7, 11) is 1.77. The van der Waals surface area contributed by atoms with E-state index in [4.69, 9.17) is 4.74 Å². The molecule has 0 unspecified atom stereocenters. The molecule has 0 bridgehead atoms. The van der Waals surface area contributed by atoms with Gasteiger partial charge in [0.05, 0.1) is 7.11 Å². The summed E-state index contributed by atoms with van der Waals surface area (Å²) in [5, 5.41) is 3.91. The van der Waals surface area contributed by atoms with Gasteiger partial charge in [-0.1, -0.05) is 12.1 Å². The van der Waals surface area contributed by atoms with Crippen LogP contribution in [0.3, 0.4) is 0 Å². The molecule has 1 aliphatic carbocycles. The first-order valence-electron chi connectivity index (χ1n) is 9.29. The fourth-order valence-electron chi connectivity index (χ4n) is 4.16. The van der Waals surface area contributed by atoms with Crippen molar-refractivity contribution in [2.24, 2.45) is 0 Å². The van der Waals surface area contributed by atoms with Crippen LogP contribution < -0.4 is 15.0 Å². The summed E-state index contributed by atoms with van der Waals surface area (Å²) < 4.78 is 5.57. The monoisotopic (exact) mass is 338 g/mol. The maximum Gasteiger partial charge on any atom is 0.225 e. The molecule has 1 aromatic carbocycles. The number of nitrogens with zero attached hydrogens (tertiary/aromatic N) is 3. The molecule has 1 aromatic heterocycles. The number of piperidine rings is 1. The van der Waals surface area contributed by atoms with Gasteiger partial charge in [0, 0.05) is 37.6 Å². The van der Waals surface area contributed by atoms with Crippen molar-refractivity contribution in [2.45, 2.75) is 44.2 Å². The third-order valence-electron chi connectivity index (χ3n) is 5.45. The highest BCUT2D eigenvalue weighted by molar-refractivity contribution is 5.43. The van der Waals surface area contributed by atoms with Crippen molar-refractivity contribution in [1.82, 2.24) is 15.3 Å². The van der Waals surface area contributed by atoms with Crippen LogP contribution >= 0.6 is 0 Å². The smallest absolute Gasteiger partial charge is 0.225 e. The molecule has 1 atom stereocenters. The molecule has 0 saturated carbocycles. The Morgan fingerprint density at radius 3 is 2.64 bits per heavy atom. The van der Waals surface area contributed by atoms with E-state index in [2.05, 4.69) is 38.4 Å². The number of rotatable bonds is 4. The van der Waals surface area contributed by atoms with Crippen molar-refractivity contribution < 1.29 is 4.74 Å². The normalized spacial score (nSPS) is 21.0. The Bertz CT molecular complexity index is 698. The van der Waals surface area contributed by atoms with E-state index < -0.39 is 0 Å². The van der Waals surface area contributed by atoms with Crippen molar-refractivity contribution in [3.05, 3.63) is 47.8 Å². The zero-order chi connectivity index (χ0) is 17.1. The van der Waals surface area contributed by atoms with Crippen LogP contribution in [0.5, 0.6) is 5.75 Å². The number of anilines is 1. The predicted octanol–water partition coefficient (Wildman–Crippen LogP) is 3.12. The molecular formula is C20H26N4O. The predicted molar refractivity (Wildman–Crippen MR) is 99.1 cm³/mol. The van der Waals surface area contributed by atoms with Gasteiger partial charge in [0.25, 0.3) is 0 Å². The Balaban J connectivity index is 1.40. The molecule has 0 spiro atoms. The molecule has 1 N–H and O–H groups in total. The van der Waals surface area contributed by atoms with E-state index in [0.717, 1.165) is 44.0 Å². The van der Waals surface area contributed by atoms with Crippen LogP contribution in [0.1, 0.15) is 42.9 Å². The highest BCUT2D eigenvalue weighted by Gasteiger charge is 2.27. The van der Waals surface area contributed by atoms with Gasteiger partial charge in [0.15, 0.2) is 0 Å². The molecule has 0 radical (unpaired) electrons. The van der Waals surface area contributed by atoms with E-state index in [1.165, 1.54) is 24.0 Å². The summed E-state index contributed by atoms with van der Waals surface area (Å²) in [6.45, 7) is 2.03. The number of nitrogens with one attached hydrogen (secondary N) is 1. The van der Waals surface area contributed by atoms with Crippen molar-refractivity contribution in [3.63, 3.8) is 0 Å². The van der Waals surface area contributed by atoms with Crippen LogP contribution in [0.15, 0.2) is 36.7 Å². The Labute approximate surface area is 149 Å². The maximum atomic E-state index is 5.57. The maximum absolute atomic E-state index is 5.57. The second-order valence-electron chi connectivity index (χ2n) is 6.95. The lowest BCUT2D eigenvalue weighted by Crippen LogP contribution is -2.44. The van der Waals surface area contributed by atoms with E-state index >= 15 is 0 Å². The van der Waals surface area contributed by atoms with Crippen LogP contribution in [0.4, 0.5) is 5.95 Å². The molecule has 1 saturated heterocycles. The van der Waals surface area contributed by atoms with Gasteiger partial charge in [-0.25, -0.2) is 9.97 Å². The number of hydrogen-bond donors (Lipinski definition) is 1. The first-order valence-corrected chi connectivity index (χ1v) is 9.29. The lowest BCUT2D eigenvalue weighted by Gasteiger charge is -2.36. The Morgan fingerprint density at radius 2 is 1.88 bits per heavy atom. The summed E-state index contributed by atoms with van der Waals surface area (Å²) in [5.74, 6) is 1.90. The van der Waals surface area contributed by atoms with E-state index in [1.807, 2.05) is 18.5 Å². The van der Waals surface area contributed by atoms with Crippen LogP contribution in [0.2, 0.25) is 0 Å². The summed E-state index contributed by atoms with van der Waals surface area (Å²) in [6, 6.07) is 9.34. The number of benzene rings is 1. The molecule has 2 aromatic rings. The molecule has 1 aliphatic heterocycles. The highest BCUT2D eigenvalue weighted by atomic mass is 16.5. The van der Waals surface area contributed by atoms with Gasteiger partial charge in [-0.15, -0.1) is 0 Å². The molecule has 5 heteroatoms. The van der Waals surface area contributed by atoms with Crippen LogP contribution in [0.25, 0.3) is 0 Å². The molecule has 0 amide bonds. The molecular weight excluding hydrogens is 312 g/mol. The van der Waals surface area contributed by atoms with E-state index in [1.54, 1.807) is 7.11 Å². The molecule has 2 aliphatic rings. The highest BCUT2D eigenvalue weighted by Crippen LogP contribution is 2.36. The van der Waals surface area contributed by atoms with Gasteiger partial charge in [-0.05, 0) is 55.4 Å². The van der Waals surface area contributed by atoms with Gasteiger partial charge in [0.1, 0.15) is 5.75 Å². The number of fused-ring (bicyclic) bond motifs is 1. The van der Waals surface area contributed by atoms with Crippen LogP contribution in [-0.4, -0.2) is 36.2 Å². The largest absolute Gasteiger partial charge is 0.496 e. The Morgan fingerprint density at radius 1 is 1.08 bits per heavy atom. The lowest BCUT2D eigenvalue weighted by atomic mass is 9.86. The average Bonchev–Trinajstić information content (AvgIpc) is 2.69. The van der Waals surface area contributed by atoms with E-state index in [-0.39, 0.29) is 0 Å². The lowest BCUT2D eigenvalue weighted by molar-refractivity contribution is 0.340. The van der Waals surface area contributed by atoms with Crippen LogP contribution in [-0.2, 0) is 6.42 Å².